The van der Waals surface area contributed by atoms with Crippen molar-refractivity contribution in [3.63, 3.8) is 0 Å². The number of carbonyl (C=O) groups is 1. The molecule has 0 aliphatic carbocycles. The van der Waals surface area contributed by atoms with Crippen LogP contribution in [0.2, 0.25) is 0 Å². The number of carboxylic acid groups (broad SMARTS) is 1. The van der Waals surface area contributed by atoms with Crippen LogP contribution in [0.3, 0.4) is 0 Å². The number of carboxylic acids is 1. The molecule has 1 fully saturated rings. The Kier molecular flexibility index (Phi) is 9.31. The lowest BCUT2D eigenvalue weighted by Crippen LogP contribution is -2.44. The normalized spacial score (nSPS) is 15.9. The van der Waals surface area contributed by atoms with E-state index in [2.05, 4.69) is 12.1 Å². The van der Waals surface area contributed by atoms with Crippen molar-refractivity contribution in [2.24, 2.45) is 0 Å². The molecule has 3 aromatic rings. The van der Waals surface area contributed by atoms with Crippen LogP contribution in [0.25, 0.3) is 23.3 Å². The van der Waals surface area contributed by atoms with Gasteiger partial charge in [0.15, 0.2) is 0 Å². The standard InChI is InChI=1S/C32H34N2O4/c1-23-19-27(22-34-16-7-6-13-30(34)32(35)36)31(38-18-17-37-2)20-26(23)15-14-25-11-8-12-28(29(25)21-33)24-9-4-3-5-10-24/h3-5,8-12,14-15,19-20,30H,6-7,13,16-18,22H2,1-2H3,(H,35,36)/b15-14+. The van der Waals surface area contributed by atoms with E-state index in [1.807, 2.05) is 78.6 Å². The van der Waals surface area contributed by atoms with Gasteiger partial charge < -0.3 is 14.6 Å². The van der Waals surface area contributed by atoms with Gasteiger partial charge in [-0.15, -0.1) is 0 Å². The van der Waals surface area contributed by atoms with Gasteiger partial charge in [0.25, 0.3) is 0 Å². The number of rotatable bonds is 10. The molecule has 0 bridgehead atoms. The van der Waals surface area contributed by atoms with E-state index in [1.165, 1.54) is 0 Å². The summed E-state index contributed by atoms with van der Waals surface area (Å²) in [4.78, 5) is 13.9. The average Bonchev–Trinajstić information content (AvgIpc) is 2.94. The maximum Gasteiger partial charge on any atom is 0.320 e. The van der Waals surface area contributed by atoms with Crippen LogP contribution in [-0.4, -0.2) is 48.9 Å². The molecule has 3 aromatic carbocycles. The summed E-state index contributed by atoms with van der Waals surface area (Å²) in [7, 11) is 1.63. The lowest BCUT2D eigenvalue weighted by Gasteiger charge is -2.33. The zero-order chi connectivity index (χ0) is 26.9. The highest BCUT2D eigenvalue weighted by Gasteiger charge is 2.29. The van der Waals surface area contributed by atoms with Gasteiger partial charge in [-0.2, -0.15) is 5.26 Å². The summed E-state index contributed by atoms with van der Waals surface area (Å²) < 4.78 is 11.3. The molecule has 1 heterocycles. The third-order valence-electron chi connectivity index (χ3n) is 7.00. The summed E-state index contributed by atoms with van der Waals surface area (Å²) >= 11 is 0. The summed E-state index contributed by atoms with van der Waals surface area (Å²) in [6.45, 7) is 4.16. The van der Waals surface area contributed by atoms with E-state index in [1.54, 1.807) is 7.11 Å². The maximum atomic E-state index is 11.8. The van der Waals surface area contributed by atoms with Crippen LogP contribution in [0.1, 0.15) is 47.1 Å². The summed E-state index contributed by atoms with van der Waals surface area (Å²) in [5, 5.41) is 19.7. The minimum Gasteiger partial charge on any atom is -0.491 e. The highest BCUT2D eigenvalue weighted by atomic mass is 16.5. The van der Waals surface area contributed by atoms with Gasteiger partial charge in [-0.05, 0) is 54.6 Å². The van der Waals surface area contributed by atoms with Crippen molar-refractivity contribution < 1.29 is 19.4 Å². The molecule has 0 spiro atoms. The van der Waals surface area contributed by atoms with Gasteiger partial charge in [-0.3, -0.25) is 9.69 Å². The SMILES string of the molecule is COCCOc1cc(/C=C/c2cccc(-c3ccccc3)c2C#N)c(C)cc1CN1CCCCC1C(=O)O. The number of benzene rings is 3. The quantitative estimate of drug-likeness (QED) is 0.259. The van der Waals surface area contributed by atoms with Crippen LogP contribution in [0.5, 0.6) is 5.75 Å². The minimum atomic E-state index is -0.770. The Labute approximate surface area is 224 Å². The molecule has 6 heteroatoms. The number of hydrogen-bond donors (Lipinski definition) is 1. The monoisotopic (exact) mass is 510 g/mol. The molecule has 1 saturated heterocycles. The van der Waals surface area contributed by atoms with E-state index in [4.69, 9.17) is 9.47 Å². The first kappa shape index (κ1) is 27.1. The first-order valence-electron chi connectivity index (χ1n) is 13.0. The second kappa shape index (κ2) is 13.0. The molecule has 38 heavy (non-hydrogen) atoms. The van der Waals surface area contributed by atoms with Crippen LogP contribution < -0.4 is 4.74 Å². The van der Waals surface area contributed by atoms with Gasteiger partial charge in [-0.1, -0.05) is 73.2 Å². The Morgan fingerprint density at radius 1 is 1.08 bits per heavy atom. The smallest absolute Gasteiger partial charge is 0.320 e. The highest BCUT2D eigenvalue weighted by Crippen LogP contribution is 2.31. The Morgan fingerprint density at radius 2 is 1.87 bits per heavy atom. The number of hydrogen-bond acceptors (Lipinski definition) is 5. The van der Waals surface area contributed by atoms with Crippen molar-refractivity contribution in [1.82, 2.24) is 4.90 Å². The Hall–Kier alpha value is -3.92. The van der Waals surface area contributed by atoms with E-state index in [0.717, 1.165) is 58.5 Å². The lowest BCUT2D eigenvalue weighted by molar-refractivity contribution is -0.144. The van der Waals surface area contributed by atoms with E-state index < -0.39 is 12.0 Å². The van der Waals surface area contributed by atoms with Crippen molar-refractivity contribution in [2.75, 3.05) is 26.9 Å². The number of ether oxygens (including phenoxy) is 2. The number of aryl methyl sites for hydroxylation is 1. The zero-order valence-electron chi connectivity index (χ0n) is 22.0. The molecule has 1 aliphatic rings. The third-order valence-corrected chi connectivity index (χ3v) is 7.00. The summed E-state index contributed by atoms with van der Waals surface area (Å²) in [5.41, 5.74) is 6.38. The molecule has 1 unspecified atom stereocenters. The van der Waals surface area contributed by atoms with Crippen molar-refractivity contribution >= 4 is 18.1 Å². The highest BCUT2D eigenvalue weighted by molar-refractivity contribution is 5.81. The van der Waals surface area contributed by atoms with Gasteiger partial charge in [0, 0.05) is 24.8 Å². The van der Waals surface area contributed by atoms with Crippen LogP contribution in [-0.2, 0) is 16.1 Å². The Bertz CT molecular complexity index is 1330. The Morgan fingerprint density at radius 3 is 2.61 bits per heavy atom. The second-order valence-corrected chi connectivity index (χ2v) is 9.56. The summed E-state index contributed by atoms with van der Waals surface area (Å²) in [6.07, 6.45) is 6.57. The number of nitrogens with zero attached hydrogens (tertiary/aromatic N) is 2. The van der Waals surface area contributed by atoms with E-state index in [-0.39, 0.29) is 0 Å². The molecule has 1 atom stereocenters. The summed E-state index contributed by atoms with van der Waals surface area (Å²) in [5.74, 6) is -0.0468. The van der Waals surface area contributed by atoms with Crippen molar-refractivity contribution in [3.05, 3.63) is 88.5 Å². The molecule has 196 valence electrons. The predicted molar refractivity (Wildman–Crippen MR) is 150 cm³/mol. The molecule has 1 N–H and O–H groups in total. The zero-order valence-corrected chi connectivity index (χ0v) is 22.0. The number of aliphatic carboxylic acids is 1. The van der Waals surface area contributed by atoms with E-state index in [0.29, 0.717) is 31.7 Å². The number of likely N-dealkylation sites (tertiary alicyclic amines) is 1. The van der Waals surface area contributed by atoms with Crippen molar-refractivity contribution in [3.8, 4) is 22.9 Å². The molecular weight excluding hydrogens is 476 g/mol. The largest absolute Gasteiger partial charge is 0.491 e. The van der Waals surface area contributed by atoms with Gasteiger partial charge in [-0.25, -0.2) is 0 Å². The molecule has 0 amide bonds. The first-order chi connectivity index (χ1) is 18.5. The lowest BCUT2D eigenvalue weighted by atomic mass is 9.95. The summed E-state index contributed by atoms with van der Waals surface area (Å²) in [6, 6.07) is 21.8. The van der Waals surface area contributed by atoms with Crippen LogP contribution >= 0.6 is 0 Å². The van der Waals surface area contributed by atoms with Gasteiger partial charge in [0.1, 0.15) is 24.5 Å². The minimum absolute atomic E-state index is 0.399. The Balaban J connectivity index is 1.66. The fourth-order valence-electron chi connectivity index (χ4n) is 4.99. The average molecular weight is 511 g/mol. The topological polar surface area (TPSA) is 82.8 Å². The molecule has 0 radical (unpaired) electrons. The van der Waals surface area contributed by atoms with Gasteiger partial charge in [0.05, 0.1) is 12.2 Å². The molecule has 1 aliphatic heterocycles. The molecule has 0 aromatic heterocycles. The van der Waals surface area contributed by atoms with Crippen LogP contribution in [0.15, 0.2) is 60.7 Å². The van der Waals surface area contributed by atoms with Gasteiger partial charge in [0.2, 0.25) is 0 Å². The molecule has 4 rings (SSSR count). The van der Waals surface area contributed by atoms with Crippen LogP contribution in [0.4, 0.5) is 0 Å². The first-order valence-corrected chi connectivity index (χ1v) is 13.0. The fraction of sp³-hybridized carbons (Fsp3) is 0.312. The van der Waals surface area contributed by atoms with Gasteiger partial charge >= 0.3 is 5.97 Å². The number of piperidine rings is 1. The third kappa shape index (κ3) is 6.49. The van der Waals surface area contributed by atoms with Crippen molar-refractivity contribution in [1.29, 1.82) is 5.26 Å². The van der Waals surface area contributed by atoms with Crippen LogP contribution in [0, 0.1) is 18.3 Å². The number of methoxy groups -OCH3 is 1. The van der Waals surface area contributed by atoms with E-state index >= 15 is 0 Å². The maximum absolute atomic E-state index is 11.8. The van der Waals surface area contributed by atoms with E-state index in [9.17, 15) is 15.2 Å². The molecule has 0 saturated carbocycles. The number of nitriles is 1. The fourth-order valence-corrected chi connectivity index (χ4v) is 4.99. The molecular formula is C32H34N2O4. The predicted octanol–water partition coefficient (Wildman–Crippen LogP) is 6.17. The molecule has 6 nitrogen and oxygen atoms in total. The second-order valence-electron chi connectivity index (χ2n) is 9.56. The van der Waals surface area contributed by atoms with Crippen molar-refractivity contribution in [2.45, 2.75) is 38.8 Å².